The Morgan fingerprint density at radius 1 is 1.65 bits per heavy atom. The molecule has 0 aliphatic heterocycles. The summed E-state index contributed by atoms with van der Waals surface area (Å²) in [5.41, 5.74) is 5.64. The Morgan fingerprint density at radius 2 is 2.35 bits per heavy atom. The molecular weight excluding hydrogens is 242 g/mol. The van der Waals surface area contributed by atoms with E-state index in [1.165, 1.54) is 0 Å². The second-order valence-electron chi connectivity index (χ2n) is 3.60. The van der Waals surface area contributed by atoms with Crippen LogP contribution in [0.1, 0.15) is 24.3 Å². The number of anilines is 1. The second kappa shape index (κ2) is 6.42. The number of ether oxygens (including phenoxy) is 1. The maximum Gasteiger partial charge on any atom is 0.271 e. The van der Waals surface area contributed by atoms with E-state index in [1.807, 2.05) is 13.8 Å². The van der Waals surface area contributed by atoms with E-state index >= 15 is 0 Å². The third-order valence-corrected chi connectivity index (χ3v) is 2.34. The molecule has 3 N–H and O–H groups in total. The van der Waals surface area contributed by atoms with Crippen LogP contribution in [0.4, 0.5) is 5.82 Å². The fourth-order valence-electron chi connectivity index (χ4n) is 1.24. The number of nitrogens with zero attached hydrogens (tertiary/aromatic N) is 1. The molecule has 0 saturated heterocycles. The maximum atomic E-state index is 11.8. The number of pyridine rings is 1. The van der Waals surface area contributed by atoms with Gasteiger partial charge >= 0.3 is 0 Å². The molecular formula is C11H16ClN3O2. The molecule has 1 aromatic heterocycles. The topological polar surface area (TPSA) is 77.2 Å². The number of amides is 1. The Balaban J connectivity index is 2.66. The lowest BCUT2D eigenvalue weighted by Gasteiger charge is -2.13. The van der Waals surface area contributed by atoms with Crippen LogP contribution in [0.15, 0.2) is 12.1 Å². The average molecular weight is 258 g/mol. The average Bonchev–Trinajstić information content (AvgIpc) is 2.29. The molecule has 0 radical (unpaired) electrons. The Labute approximate surface area is 105 Å². The van der Waals surface area contributed by atoms with Crippen molar-refractivity contribution >= 4 is 23.3 Å². The molecule has 0 saturated carbocycles. The van der Waals surface area contributed by atoms with Crippen LogP contribution in [0.5, 0.6) is 0 Å². The number of rotatable bonds is 5. The van der Waals surface area contributed by atoms with E-state index in [0.29, 0.717) is 13.2 Å². The van der Waals surface area contributed by atoms with E-state index in [4.69, 9.17) is 22.1 Å². The first-order chi connectivity index (χ1) is 8.04. The van der Waals surface area contributed by atoms with Gasteiger partial charge < -0.3 is 15.8 Å². The largest absolute Gasteiger partial charge is 0.384 e. The first-order valence-corrected chi connectivity index (χ1v) is 5.73. The van der Waals surface area contributed by atoms with Gasteiger partial charge in [-0.25, -0.2) is 4.98 Å². The van der Waals surface area contributed by atoms with Crippen molar-refractivity contribution in [1.82, 2.24) is 10.3 Å². The second-order valence-corrected chi connectivity index (χ2v) is 4.01. The predicted molar refractivity (Wildman–Crippen MR) is 67.1 cm³/mol. The van der Waals surface area contributed by atoms with Crippen molar-refractivity contribution in [3.8, 4) is 0 Å². The zero-order chi connectivity index (χ0) is 12.8. The fraction of sp³-hybridized carbons (Fsp3) is 0.455. The molecule has 6 heteroatoms. The lowest BCUT2D eigenvalue weighted by molar-refractivity contribution is 0.0867. The van der Waals surface area contributed by atoms with Gasteiger partial charge in [-0.3, -0.25) is 4.79 Å². The molecule has 0 aliphatic rings. The maximum absolute atomic E-state index is 11.8. The van der Waals surface area contributed by atoms with Gasteiger partial charge in [0.15, 0.2) is 0 Å². The number of carbonyl (C=O) groups is 1. The third-order valence-electron chi connectivity index (χ3n) is 2.03. The Morgan fingerprint density at radius 3 is 3.00 bits per heavy atom. The van der Waals surface area contributed by atoms with Crippen LogP contribution in [0.3, 0.4) is 0 Å². The summed E-state index contributed by atoms with van der Waals surface area (Å²) in [6.45, 7) is 4.79. The van der Waals surface area contributed by atoms with E-state index in [2.05, 4.69) is 10.3 Å². The van der Waals surface area contributed by atoms with E-state index in [9.17, 15) is 4.79 Å². The molecule has 1 aromatic rings. The first-order valence-electron chi connectivity index (χ1n) is 5.35. The minimum atomic E-state index is -0.352. The van der Waals surface area contributed by atoms with Gasteiger partial charge in [0, 0.05) is 12.6 Å². The zero-order valence-corrected chi connectivity index (χ0v) is 10.6. The van der Waals surface area contributed by atoms with Crippen LogP contribution in [0, 0.1) is 0 Å². The van der Waals surface area contributed by atoms with Crippen molar-refractivity contribution in [2.24, 2.45) is 0 Å². The molecule has 1 atom stereocenters. The van der Waals surface area contributed by atoms with Crippen molar-refractivity contribution < 1.29 is 9.53 Å². The molecule has 94 valence electrons. The Kier molecular flexibility index (Phi) is 5.18. The summed E-state index contributed by atoms with van der Waals surface area (Å²) in [6.07, 6.45) is 0. The molecule has 0 aromatic carbocycles. The summed E-state index contributed by atoms with van der Waals surface area (Å²) in [5.74, 6) is -0.0912. The molecule has 1 amide bonds. The molecule has 0 aliphatic carbocycles. The van der Waals surface area contributed by atoms with Gasteiger partial charge in [-0.2, -0.15) is 0 Å². The highest BCUT2D eigenvalue weighted by Gasteiger charge is 2.14. The first kappa shape index (κ1) is 13.7. The van der Waals surface area contributed by atoms with E-state index in [0.717, 1.165) is 0 Å². The van der Waals surface area contributed by atoms with Gasteiger partial charge in [0.2, 0.25) is 0 Å². The van der Waals surface area contributed by atoms with Crippen LogP contribution >= 0.6 is 11.6 Å². The van der Waals surface area contributed by atoms with Crippen LogP contribution in [-0.2, 0) is 4.74 Å². The smallest absolute Gasteiger partial charge is 0.271 e. The number of carbonyl (C=O) groups excluding carboxylic acids is 1. The SMILES string of the molecule is CCOCC(C)NC(=O)c1nc(N)ccc1Cl. The number of aromatic nitrogens is 1. The third kappa shape index (κ3) is 4.20. The molecule has 0 spiro atoms. The lowest BCUT2D eigenvalue weighted by atomic mass is 10.3. The normalized spacial score (nSPS) is 12.2. The number of halogens is 1. The van der Waals surface area contributed by atoms with Gasteiger partial charge in [-0.15, -0.1) is 0 Å². The number of nitrogens with one attached hydrogen (secondary N) is 1. The Hall–Kier alpha value is -1.33. The van der Waals surface area contributed by atoms with Crippen molar-refractivity contribution in [3.63, 3.8) is 0 Å². The van der Waals surface area contributed by atoms with Crippen LogP contribution in [-0.4, -0.2) is 30.1 Å². The van der Waals surface area contributed by atoms with E-state index in [1.54, 1.807) is 12.1 Å². The summed E-state index contributed by atoms with van der Waals surface area (Å²) < 4.78 is 5.19. The summed E-state index contributed by atoms with van der Waals surface area (Å²) in [5, 5.41) is 3.01. The number of hydrogen-bond donors (Lipinski definition) is 2. The van der Waals surface area contributed by atoms with Crippen LogP contribution in [0.25, 0.3) is 0 Å². The van der Waals surface area contributed by atoms with Crippen molar-refractivity contribution in [3.05, 3.63) is 22.8 Å². The summed E-state index contributed by atoms with van der Waals surface area (Å²) in [7, 11) is 0. The van der Waals surface area contributed by atoms with Gasteiger partial charge in [0.1, 0.15) is 11.5 Å². The molecule has 0 fully saturated rings. The quantitative estimate of drug-likeness (QED) is 0.838. The standard InChI is InChI=1S/C11H16ClN3O2/c1-3-17-6-7(2)14-11(16)10-8(12)4-5-9(13)15-10/h4-5,7H,3,6H2,1-2H3,(H2,13,15)(H,14,16). The molecule has 5 nitrogen and oxygen atoms in total. The highest BCUT2D eigenvalue weighted by Crippen LogP contribution is 2.15. The minimum Gasteiger partial charge on any atom is -0.384 e. The van der Waals surface area contributed by atoms with Crippen molar-refractivity contribution in [2.45, 2.75) is 19.9 Å². The fourth-order valence-corrected chi connectivity index (χ4v) is 1.44. The van der Waals surface area contributed by atoms with Gasteiger partial charge in [0.25, 0.3) is 5.91 Å². The Bertz CT molecular complexity index is 398. The minimum absolute atomic E-state index is 0.109. The predicted octanol–water partition coefficient (Wildman–Crippen LogP) is 1.47. The van der Waals surface area contributed by atoms with Crippen molar-refractivity contribution in [2.75, 3.05) is 18.9 Å². The highest BCUT2D eigenvalue weighted by molar-refractivity contribution is 6.33. The van der Waals surface area contributed by atoms with Gasteiger partial charge in [0.05, 0.1) is 11.6 Å². The summed E-state index contributed by atoms with van der Waals surface area (Å²) in [6, 6.07) is 2.98. The molecule has 1 unspecified atom stereocenters. The van der Waals surface area contributed by atoms with Gasteiger partial charge in [-0.1, -0.05) is 11.6 Å². The molecule has 0 bridgehead atoms. The monoisotopic (exact) mass is 257 g/mol. The lowest BCUT2D eigenvalue weighted by Crippen LogP contribution is -2.36. The number of nitrogen functional groups attached to an aromatic ring is 1. The van der Waals surface area contributed by atoms with E-state index < -0.39 is 0 Å². The van der Waals surface area contributed by atoms with E-state index in [-0.39, 0.29) is 28.5 Å². The van der Waals surface area contributed by atoms with Gasteiger partial charge in [-0.05, 0) is 26.0 Å². The zero-order valence-electron chi connectivity index (χ0n) is 9.87. The van der Waals surface area contributed by atoms with Crippen LogP contribution in [0.2, 0.25) is 5.02 Å². The molecule has 17 heavy (non-hydrogen) atoms. The number of nitrogens with two attached hydrogens (primary N) is 1. The highest BCUT2D eigenvalue weighted by atomic mass is 35.5. The summed E-state index contributed by atoms with van der Waals surface area (Å²) >= 11 is 5.87. The molecule has 1 rings (SSSR count). The number of hydrogen-bond acceptors (Lipinski definition) is 4. The summed E-state index contributed by atoms with van der Waals surface area (Å²) in [4.78, 5) is 15.7. The van der Waals surface area contributed by atoms with Crippen LogP contribution < -0.4 is 11.1 Å². The van der Waals surface area contributed by atoms with Crippen molar-refractivity contribution in [1.29, 1.82) is 0 Å². The molecule has 1 heterocycles.